The molecule has 0 saturated carbocycles. The Morgan fingerprint density at radius 2 is 1.64 bits per heavy atom. The summed E-state index contributed by atoms with van der Waals surface area (Å²) in [5.41, 5.74) is 8.98. The quantitative estimate of drug-likeness (QED) is 0.716. The van der Waals surface area contributed by atoms with Crippen LogP contribution in [0.25, 0.3) is 0 Å². The second-order valence-electron chi connectivity index (χ2n) is 5.88. The standard InChI is InChI=1S/C20H26N2O2.ClH/c1-24-19(15-21)14-20(23)22-18-12-10-17(11-13-18)9-5-8-16-6-3-2-4-7-16;/h2-4,6-7,10-13,19H,5,8-9,14-15,21H2,1H3,(H,22,23);1H. The third-order valence-corrected chi connectivity index (χ3v) is 4.02. The number of nitrogens with two attached hydrogens (primary N) is 1. The highest BCUT2D eigenvalue weighted by Gasteiger charge is 2.11. The first-order valence-corrected chi connectivity index (χ1v) is 8.37. The van der Waals surface area contributed by atoms with Gasteiger partial charge >= 0.3 is 0 Å². The first kappa shape index (κ1) is 21.2. The number of carbonyl (C=O) groups is 1. The van der Waals surface area contributed by atoms with E-state index in [-0.39, 0.29) is 30.8 Å². The lowest BCUT2D eigenvalue weighted by molar-refractivity contribution is -0.118. The third-order valence-electron chi connectivity index (χ3n) is 4.02. The summed E-state index contributed by atoms with van der Waals surface area (Å²) in [6.07, 6.45) is 3.26. The summed E-state index contributed by atoms with van der Waals surface area (Å²) in [7, 11) is 1.56. The molecule has 0 spiro atoms. The summed E-state index contributed by atoms with van der Waals surface area (Å²) < 4.78 is 5.12. The molecular weight excluding hydrogens is 336 g/mol. The van der Waals surface area contributed by atoms with Crippen molar-refractivity contribution in [3.8, 4) is 0 Å². The smallest absolute Gasteiger partial charge is 0.227 e. The van der Waals surface area contributed by atoms with Gasteiger partial charge in [-0.2, -0.15) is 0 Å². The van der Waals surface area contributed by atoms with Gasteiger partial charge in [-0.05, 0) is 42.5 Å². The van der Waals surface area contributed by atoms with Gasteiger partial charge in [0.1, 0.15) is 0 Å². The van der Waals surface area contributed by atoms with E-state index in [1.54, 1.807) is 7.11 Å². The van der Waals surface area contributed by atoms with Crippen LogP contribution >= 0.6 is 12.4 Å². The fourth-order valence-electron chi connectivity index (χ4n) is 2.58. The van der Waals surface area contributed by atoms with Crippen LogP contribution in [0.4, 0.5) is 5.69 Å². The molecule has 3 N–H and O–H groups in total. The molecular formula is C20H27ClN2O2. The van der Waals surface area contributed by atoms with E-state index in [2.05, 4.69) is 41.7 Å². The van der Waals surface area contributed by atoms with Gasteiger partial charge in [0.15, 0.2) is 0 Å². The van der Waals surface area contributed by atoms with Gasteiger partial charge in [-0.3, -0.25) is 4.79 Å². The zero-order chi connectivity index (χ0) is 17.2. The minimum Gasteiger partial charge on any atom is -0.380 e. The number of anilines is 1. The van der Waals surface area contributed by atoms with E-state index in [1.807, 2.05) is 18.2 Å². The van der Waals surface area contributed by atoms with Crippen molar-refractivity contribution >= 4 is 24.0 Å². The van der Waals surface area contributed by atoms with Crippen LogP contribution in [0.5, 0.6) is 0 Å². The van der Waals surface area contributed by atoms with E-state index in [0.717, 1.165) is 24.9 Å². The van der Waals surface area contributed by atoms with Gasteiger partial charge in [-0.15, -0.1) is 12.4 Å². The molecule has 2 aromatic rings. The van der Waals surface area contributed by atoms with Gasteiger partial charge in [0.25, 0.3) is 0 Å². The molecule has 0 aromatic heterocycles. The van der Waals surface area contributed by atoms with E-state index in [0.29, 0.717) is 6.54 Å². The first-order valence-electron chi connectivity index (χ1n) is 8.37. The van der Waals surface area contributed by atoms with E-state index >= 15 is 0 Å². The molecule has 136 valence electrons. The van der Waals surface area contributed by atoms with Gasteiger partial charge in [0.2, 0.25) is 5.91 Å². The maximum absolute atomic E-state index is 11.9. The Kier molecular flexibility index (Phi) is 9.85. The van der Waals surface area contributed by atoms with Crippen LogP contribution in [0.3, 0.4) is 0 Å². The zero-order valence-corrected chi connectivity index (χ0v) is 15.4. The molecule has 2 rings (SSSR count). The van der Waals surface area contributed by atoms with Crippen molar-refractivity contribution in [3.05, 3.63) is 65.7 Å². The second-order valence-corrected chi connectivity index (χ2v) is 5.88. The molecule has 0 aliphatic carbocycles. The normalized spacial score (nSPS) is 11.4. The molecule has 0 bridgehead atoms. The van der Waals surface area contributed by atoms with E-state index < -0.39 is 0 Å². The van der Waals surface area contributed by atoms with Gasteiger partial charge < -0.3 is 15.8 Å². The van der Waals surface area contributed by atoms with Crippen LogP contribution in [-0.4, -0.2) is 25.7 Å². The number of methoxy groups -OCH3 is 1. The molecule has 0 saturated heterocycles. The van der Waals surface area contributed by atoms with Crippen molar-refractivity contribution in [3.63, 3.8) is 0 Å². The lowest BCUT2D eigenvalue weighted by Gasteiger charge is -2.12. The molecule has 0 fully saturated rings. The Bertz CT molecular complexity index is 613. The monoisotopic (exact) mass is 362 g/mol. The fourth-order valence-corrected chi connectivity index (χ4v) is 2.58. The summed E-state index contributed by atoms with van der Waals surface area (Å²) >= 11 is 0. The van der Waals surface area contributed by atoms with Crippen molar-refractivity contribution < 1.29 is 9.53 Å². The van der Waals surface area contributed by atoms with Gasteiger partial charge in [-0.1, -0.05) is 42.5 Å². The lowest BCUT2D eigenvalue weighted by atomic mass is 10.0. The maximum Gasteiger partial charge on any atom is 0.227 e. The largest absolute Gasteiger partial charge is 0.380 e. The molecule has 1 atom stereocenters. The number of hydrogen-bond donors (Lipinski definition) is 2. The summed E-state index contributed by atoms with van der Waals surface area (Å²) in [4.78, 5) is 11.9. The van der Waals surface area contributed by atoms with Crippen LogP contribution in [0, 0.1) is 0 Å². The number of hydrogen-bond acceptors (Lipinski definition) is 3. The highest BCUT2D eigenvalue weighted by Crippen LogP contribution is 2.13. The minimum atomic E-state index is -0.234. The number of halogens is 1. The number of benzene rings is 2. The van der Waals surface area contributed by atoms with Crippen molar-refractivity contribution in [2.75, 3.05) is 19.0 Å². The summed E-state index contributed by atoms with van der Waals surface area (Å²) in [5.74, 6) is -0.0795. The number of ether oxygens (including phenoxy) is 1. The first-order chi connectivity index (χ1) is 11.7. The molecule has 4 nitrogen and oxygen atoms in total. The predicted molar refractivity (Wildman–Crippen MR) is 105 cm³/mol. The van der Waals surface area contributed by atoms with Crippen LogP contribution < -0.4 is 11.1 Å². The van der Waals surface area contributed by atoms with Crippen molar-refractivity contribution in [2.24, 2.45) is 5.73 Å². The van der Waals surface area contributed by atoms with Crippen LogP contribution in [0.1, 0.15) is 24.0 Å². The van der Waals surface area contributed by atoms with Crippen LogP contribution in [0.15, 0.2) is 54.6 Å². The zero-order valence-electron chi connectivity index (χ0n) is 14.6. The highest BCUT2D eigenvalue weighted by atomic mass is 35.5. The highest BCUT2D eigenvalue weighted by molar-refractivity contribution is 5.91. The summed E-state index contributed by atoms with van der Waals surface area (Å²) in [6.45, 7) is 0.338. The molecule has 0 radical (unpaired) electrons. The predicted octanol–water partition coefficient (Wildman–Crippen LogP) is 3.59. The average molecular weight is 363 g/mol. The van der Waals surface area contributed by atoms with Crippen LogP contribution in [-0.2, 0) is 22.4 Å². The number of rotatable bonds is 9. The van der Waals surface area contributed by atoms with Crippen LogP contribution in [0.2, 0.25) is 0 Å². The molecule has 0 aliphatic rings. The average Bonchev–Trinajstić information content (AvgIpc) is 2.62. The molecule has 1 amide bonds. The number of aryl methyl sites for hydroxylation is 2. The summed E-state index contributed by atoms with van der Waals surface area (Å²) in [6, 6.07) is 18.5. The van der Waals surface area contributed by atoms with Crippen molar-refractivity contribution in [1.82, 2.24) is 0 Å². The molecule has 0 aliphatic heterocycles. The molecule has 0 heterocycles. The molecule has 1 unspecified atom stereocenters. The third kappa shape index (κ3) is 7.69. The lowest BCUT2D eigenvalue weighted by Crippen LogP contribution is -2.28. The molecule has 25 heavy (non-hydrogen) atoms. The Hall–Kier alpha value is -1.88. The number of nitrogens with one attached hydrogen (secondary N) is 1. The Labute approximate surface area is 156 Å². The van der Waals surface area contributed by atoms with E-state index in [1.165, 1.54) is 11.1 Å². The fraction of sp³-hybridized carbons (Fsp3) is 0.350. The van der Waals surface area contributed by atoms with Crippen molar-refractivity contribution in [1.29, 1.82) is 0 Å². The minimum absolute atomic E-state index is 0. The molecule has 5 heteroatoms. The Balaban J connectivity index is 0.00000312. The van der Waals surface area contributed by atoms with Gasteiger partial charge in [-0.25, -0.2) is 0 Å². The molecule has 2 aromatic carbocycles. The SMILES string of the molecule is COC(CN)CC(=O)Nc1ccc(CCCc2ccccc2)cc1.Cl. The van der Waals surface area contributed by atoms with Gasteiger partial charge in [0.05, 0.1) is 12.5 Å². The topological polar surface area (TPSA) is 64.3 Å². The van der Waals surface area contributed by atoms with E-state index in [4.69, 9.17) is 10.5 Å². The van der Waals surface area contributed by atoms with E-state index in [9.17, 15) is 4.79 Å². The maximum atomic E-state index is 11.9. The Morgan fingerprint density at radius 3 is 2.20 bits per heavy atom. The van der Waals surface area contributed by atoms with Crippen molar-refractivity contribution in [2.45, 2.75) is 31.8 Å². The number of amides is 1. The Morgan fingerprint density at radius 1 is 1.04 bits per heavy atom. The number of carbonyl (C=O) groups excluding carboxylic acids is 1. The van der Waals surface area contributed by atoms with Gasteiger partial charge in [0, 0.05) is 19.3 Å². The summed E-state index contributed by atoms with van der Waals surface area (Å²) in [5, 5.41) is 2.88. The second kappa shape index (κ2) is 11.6.